The summed E-state index contributed by atoms with van der Waals surface area (Å²) in [6, 6.07) is 11.4. The lowest BCUT2D eigenvalue weighted by Crippen LogP contribution is -2.30. The van der Waals surface area contributed by atoms with Gasteiger partial charge >= 0.3 is 0 Å². The molecule has 5 nitrogen and oxygen atoms in total. The Balaban J connectivity index is 1.56. The molecule has 1 atom stereocenters. The van der Waals surface area contributed by atoms with E-state index in [0.29, 0.717) is 18.7 Å². The predicted molar refractivity (Wildman–Crippen MR) is 96.8 cm³/mol. The number of nitrogens with one attached hydrogen (secondary N) is 2. The van der Waals surface area contributed by atoms with Crippen LogP contribution in [-0.2, 0) is 16.0 Å². The average molecular weight is 388 g/mol. The average Bonchev–Trinajstić information content (AvgIpc) is 2.56. The van der Waals surface area contributed by atoms with Gasteiger partial charge in [-0.15, -0.1) is 0 Å². The third-order valence-corrected chi connectivity index (χ3v) is 4.96. The number of fused-ring (bicyclic) bond motifs is 1. The van der Waals surface area contributed by atoms with Gasteiger partial charge in [0.2, 0.25) is 11.8 Å². The van der Waals surface area contributed by atoms with Crippen LogP contribution in [0.4, 0.5) is 11.5 Å². The SMILES string of the molecule is Cc1nc(NC(=O)CCC2Cc3ccccc3NC2=O)ccc1Br. The van der Waals surface area contributed by atoms with Gasteiger partial charge in [-0.3, -0.25) is 9.59 Å². The summed E-state index contributed by atoms with van der Waals surface area (Å²) in [5.74, 6) is 0.208. The number of nitrogens with zero attached hydrogens (tertiary/aromatic N) is 1. The number of anilines is 2. The second-order valence-electron chi connectivity index (χ2n) is 5.90. The number of aryl methyl sites for hydroxylation is 1. The van der Waals surface area contributed by atoms with Crippen LogP contribution in [-0.4, -0.2) is 16.8 Å². The van der Waals surface area contributed by atoms with Crippen molar-refractivity contribution in [2.24, 2.45) is 5.92 Å². The molecule has 124 valence electrons. The summed E-state index contributed by atoms with van der Waals surface area (Å²) < 4.78 is 0.901. The molecule has 2 amide bonds. The zero-order valence-electron chi connectivity index (χ0n) is 13.3. The zero-order chi connectivity index (χ0) is 17.1. The molecule has 1 aromatic carbocycles. The van der Waals surface area contributed by atoms with Gasteiger partial charge in [-0.05, 0) is 59.5 Å². The van der Waals surface area contributed by atoms with E-state index in [-0.39, 0.29) is 24.2 Å². The number of aromatic nitrogens is 1. The lowest BCUT2D eigenvalue weighted by Gasteiger charge is -2.24. The number of pyridine rings is 1. The second-order valence-corrected chi connectivity index (χ2v) is 6.75. The summed E-state index contributed by atoms with van der Waals surface area (Å²) >= 11 is 3.38. The quantitative estimate of drug-likeness (QED) is 0.840. The lowest BCUT2D eigenvalue weighted by atomic mass is 9.89. The summed E-state index contributed by atoms with van der Waals surface area (Å²) in [6.07, 6.45) is 1.48. The number of hydrogen-bond acceptors (Lipinski definition) is 3. The molecule has 0 fully saturated rings. The molecule has 2 aromatic rings. The van der Waals surface area contributed by atoms with Crippen LogP contribution in [0.1, 0.15) is 24.1 Å². The second kappa shape index (κ2) is 7.13. The van der Waals surface area contributed by atoms with E-state index >= 15 is 0 Å². The molecule has 2 N–H and O–H groups in total. The van der Waals surface area contributed by atoms with Gasteiger partial charge in [0, 0.05) is 22.5 Å². The topological polar surface area (TPSA) is 71.1 Å². The molecular weight excluding hydrogens is 370 g/mol. The molecule has 0 spiro atoms. The molecule has 0 saturated heterocycles. The molecule has 0 saturated carbocycles. The van der Waals surface area contributed by atoms with Crippen LogP contribution in [0.3, 0.4) is 0 Å². The van der Waals surface area contributed by atoms with Crippen molar-refractivity contribution < 1.29 is 9.59 Å². The molecule has 24 heavy (non-hydrogen) atoms. The van der Waals surface area contributed by atoms with Crippen molar-refractivity contribution in [3.63, 3.8) is 0 Å². The van der Waals surface area contributed by atoms with E-state index in [0.717, 1.165) is 21.4 Å². The maximum atomic E-state index is 12.1. The number of carbonyl (C=O) groups is 2. The molecule has 0 radical (unpaired) electrons. The highest BCUT2D eigenvalue weighted by atomic mass is 79.9. The molecule has 1 aliphatic heterocycles. The number of amides is 2. The highest BCUT2D eigenvalue weighted by molar-refractivity contribution is 9.10. The van der Waals surface area contributed by atoms with Crippen LogP contribution < -0.4 is 10.6 Å². The molecule has 3 rings (SSSR count). The zero-order valence-corrected chi connectivity index (χ0v) is 14.9. The first-order chi connectivity index (χ1) is 11.5. The minimum atomic E-state index is -0.176. The summed E-state index contributed by atoms with van der Waals surface area (Å²) in [7, 11) is 0. The van der Waals surface area contributed by atoms with Crippen molar-refractivity contribution >= 4 is 39.2 Å². The lowest BCUT2D eigenvalue weighted by molar-refractivity contribution is -0.121. The predicted octanol–water partition coefficient (Wildman–Crippen LogP) is 3.68. The highest BCUT2D eigenvalue weighted by Gasteiger charge is 2.26. The molecule has 0 aliphatic carbocycles. The van der Waals surface area contributed by atoms with Crippen LogP contribution in [0.5, 0.6) is 0 Å². The molecule has 1 aromatic heterocycles. The Morgan fingerprint density at radius 3 is 2.92 bits per heavy atom. The number of rotatable bonds is 4. The van der Waals surface area contributed by atoms with E-state index < -0.39 is 0 Å². The van der Waals surface area contributed by atoms with Crippen LogP contribution in [0.25, 0.3) is 0 Å². The smallest absolute Gasteiger partial charge is 0.227 e. The number of hydrogen-bond donors (Lipinski definition) is 2. The summed E-state index contributed by atoms with van der Waals surface area (Å²) in [5, 5.41) is 5.69. The van der Waals surface area contributed by atoms with Gasteiger partial charge in [-0.25, -0.2) is 4.98 Å². The maximum Gasteiger partial charge on any atom is 0.227 e. The monoisotopic (exact) mass is 387 g/mol. The molecule has 1 unspecified atom stereocenters. The van der Waals surface area contributed by atoms with Crippen molar-refractivity contribution in [2.45, 2.75) is 26.2 Å². The minimum Gasteiger partial charge on any atom is -0.326 e. The largest absolute Gasteiger partial charge is 0.326 e. The summed E-state index contributed by atoms with van der Waals surface area (Å²) in [6.45, 7) is 1.86. The van der Waals surface area contributed by atoms with Gasteiger partial charge < -0.3 is 10.6 Å². The van der Waals surface area contributed by atoms with Crippen LogP contribution in [0.15, 0.2) is 40.9 Å². The Bertz CT molecular complexity index is 792. The van der Waals surface area contributed by atoms with E-state index in [1.165, 1.54) is 0 Å². The van der Waals surface area contributed by atoms with Gasteiger partial charge in [0.1, 0.15) is 5.82 Å². The van der Waals surface area contributed by atoms with E-state index in [1.807, 2.05) is 37.3 Å². The Labute approximate surface area is 149 Å². The normalized spacial score (nSPS) is 16.2. The fourth-order valence-electron chi connectivity index (χ4n) is 2.77. The molecule has 2 heterocycles. The fourth-order valence-corrected chi connectivity index (χ4v) is 2.99. The maximum absolute atomic E-state index is 12.1. The van der Waals surface area contributed by atoms with Gasteiger partial charge in [0.25, 0.3) is 0 Å². The van der Waals surface area contributed by atoms with E-state index in [2.05, 4.69) is 31.5 Å². The number of para-hydroxylation sites is 1. The fraction of sp³-hybridized carbons (Fsp3) is 0.278. The Morgan fingerprint density at radius 2 is 2.12 bits per heavy atom. The first kappa shape index (κ1) is 16.6. The first-order valence-corrected chi connectivity index (χ1v) is 8.64. The molecule has 6 heteroatoms. The summed E-state index contributed by atoms with van der Waals surface area (Å²) in [5.41, 5.74) is 2.81. The van der Waals surface area contributed by atoms with E-state index in [9.17, 15) is 9.59 Å². The third-order valence-electron chi connectivity index (χ3n) is 4.12. The van der Waals surface area contributed by atoms with Crippen molar-refractivity contribution in [2.75, 3.05) is 10.6 Å². The first-order valence-electron chi connectivity index (χ1n) is 7.84. The number of benzene rings is 1. The van der Waals surface area contributed by atoms with E-state index in [1.54, 1.807) is 6.07 Å². The van der Waals surface area contributed by atoms with Crippen molar-refractivity contribution in [1.82, 2.24) is 4.98 Å². The van der Waals surface area contributed by atoms with Gasteiger partial charge in [0.05, 0.1) is 5.69 Å². The van der Waals surface area contributed by atoms with Crippen molar-refractivity contribution in [3.8, 4) is 0 Å². The van der Waals surface area contributed by atoms with Crippen LogP contribution >= 0.6 is 15.9 Å². The molecular formula is C18H18BrN3O2. The highest BCUT2D eigenvalue weighted by Crippen LogP contribution is 2.27. The van der Waals surface area contributed by atoms with Crippen molar-refractivity contribution in [1.29, 1.82) is 0 Å². The Kier molecular flexibility index (Phi) is 4.94. The van der Waals surface area contributed by atoms with Crippen molar-refractivity contribution in [3.05, 3.63) is 52.1 Å². The number of halogens is 1. The van der Waals surface area contributed by atoms with Crippen LogP contribution in [0.2, 0.25) is 0 Å². The van der Waals surface area contributed by atoms with Gasteiger partial charge in [0.15, 0.2) is 0 Å². The summed E-state index contributed by atoms with van der Waals surface area (Å²) in [4.78, 5) is 28.6. The standard InChI is InChI=1S/C18H18BrN3O2/c1-11-14(19)7-8-16(20-11)22-17(23)9-6-13-10-12-4-2-3-5-15(12)21-18(13)24/h2-5,7-8,13H,6,9-10H2,1H3,(H,21,24)(H,20,22,23). The van der Waals surface area contributed by atoms with Gasteiger partial charge in [-0.2, -0.15) is 0 Å². The molecule has 1 aliphatic rings. The van der Waals surface area contributed by atoms with Crippen LogP contribution in [0, 0.1) is 12.8 Å². The molecule has 0 bridgehead atoms. The van der Waals surface area contributed by atoms with Gasteiger partial charge in [-0.1, -0.05) is 18.2 Å². The van der Waals surface area contributed by atoms with E-state index in [4.69, 9.17) is 0 Å². The minimum absolute atomic E-state index is 0.0147. The Morgan fingerprint density at radius 1 is 1.33 bits per heavy atom. The number of carbonyl (C=O) groups excluding carboxylic acids is 2. The Hall–Kier alpha value is -2.21. The third kappa shape index (κ3) is 3.82.